The van der Waals surface area contributed by atoms with Crippen molar-refractivity contribution in [3.63, 3.8) is 0 Å². The highest BCUT2D eigenvalue weighted by atomic mass is 14.7. The molecule has 41 heavy (non-hydrogen) atoms. The first-order valence-corrected chi connectivity index (χ1v) is 13.3. The van der Waals surface area contributed by atoms with Crippen molar-refractivity contribution in [2.75, 3.05) is 0 Å². The van der Waals surface area contributed by atoms with Crippen molar-refractivity contribution in [2.24, 2.45) is 0 Å². The second kappa shape index (κ2) is 9.92. The molecular weight excluding hydrogens is 500 g/mol. The number of nitriles is 2. The number of fused-ring (bicyclic) bond motifs is 2. The lowest BCUT2D eigenvalue weighted by Crippen LogP contribution is -1.92. The Labute approximate surface area is 237 Å². The lowest BCUT2D eigenvalue weighted by molar-refractivity contribution is 1.26. The largest absolute Gasteiger partial charge is 0.404 e. The second-order valence-corrected chi connectivity index (χ2v) is 9.90. The van der Waals surface area contributed by atoms with Gasteiger partial charge in [-0.05, 0) is 84.8 Å². The van der Waals surface area contributed by atoms with Crippen molar-refractivity contribution in [3.8, 4) is 45.5 Å². The Bertz CT molecular complexity index is 2160. The molecule has 1 aromatic heterocycles. The minimum absolute atomic E-state index is 0.400. The fourth-order valence-electron chi connectivity index (χ4n) is 5.71. The normalized spacial score (nSPS) is 12.1. The Hall–Kier alpha value is -6.06. The molecule has 0 N–H and O–H groups in total. The third-order valence-corrected chi connectivity index (χ3v) is 7.52. The summed E-state index contributed by atoms with van der Waals surface area (Å²) in [4.78, 5) is 4.14. The molecule has 0 radical (unpaired) electrons. The van der Waals surface area contributed by atoms with E-state index in [1.807, 2.05) is 18.2 Å². The van der Waals surface area contributed by atoms with E-state index >= 15 is 0 Å². The quantitative estimate of drug-likeness (QED) is 0.176. The topological polar surface area (TPSA) is 74.6 Å². The molecule has 0 amide bonds. The van der Waals surface area contributed by atoms with Crippen LogP contribution in [-0.4, -0.2) is 16.9 Å². The predicted octanol–water partition coefficient (Wildman–Crippen LogP) is 7.76. The number of hydrogen-bond donors (Lipinski definition) is 0. The van der Waals surface area contributed by atoms with E-state index in [1.165, 1.54) is 11.1 Å². The number of hydrogen-bond acceptors (Lipinski definition) is 3. The van der Waals surface area contributed by atoms with Crippen molar-refractivity contribution >= 4 is 39.0 Å². The van der Waals surface area contributed by atoms with Gasteiger partial charge >= 0.3 is 11.9 Å². The molecule has 4 heteroatoms. The number of aromatic nitrogens is 1. The molecule has 0 aliphatic carbocycles. The molecule has 188 valence electrons. The van der Waals surface area contributed by atoms with Crippen LogP contribution in [0, 0.1) is 22.7 Å². The van der Waals surface area contributed by atoms with Crippen LogP contribution in [0.1, 0.15) is 11.3 Å². The van der Waals surface area contributed by atoms with Gasteiger partial charge in [0.25, 0.3) is 0 Å². The first-order valence-electron chi connectivity index (χ1n) is 13.3. The Morgan fingerprint density at radius 1 is 0.537 bits per heavy atom. The lowest BCUT2D eigenvalue weighted by Gasteiger charge is -2.18. The predicted molar refractivity (Wildman–Crippen MR) is 167 cm³/mol. The number of nitrogens with zero attached hydrogens (tertiary/aromatic N) is 4. The Kier molecular flexibility index (Phi) is 5.81. The highest BCUT2D eigenvalue weighted by Crippen LogP contribution is 2.44. The van der Waals surface area contributed by atoms with Gasteiger partial charge in [0.15, 0.2) is 6.07 Å². The molecule has 0 bridgehead atoms. The van der Waals surface area contributed by atoms with Gasteiger partial charge in [0.05, 0.1) is 11.6 Å². The van der Waals surface area contributed by atoms with Crippen LogP contribution < -0.4 is 4.67 Å². The SMILES string of the molecule is N#CC1=[N+]=CC(c2cccc(-c3c4ccccc4c(-c4cccc(-c5ccnc(C#N)c5)c4)c4ccccc34)c2)=C1. The van der Waals surface area contributed by atoms with Crippen LogP contribution in [-0.2, 0) is 0 Å². The zero-order chi connectivity index (χ0) is 27.8. The van der Waals surface area contributed by atoms with Crippen molar-refractivity contribution in [1.82, 2.24) is 9.65 Å². The van der Waals surface area contributed by atoms with Crippen LogP contribution in [0.25, 0.3) is 60.5 Å². The van der Waals surface area contributed by atoms with E-state index in [0.717, 1.165) is 54.9 Å². The van der Waals surface area contributed by atoms with E-state index in [-0.39, 0.29) is 0 Å². The smallest absolute Gasteiger partial charge is 0.246 e. The van der Waals surface area contributed by atoms with E-state index in [9.17, 15) is 10.5 Å². The van der Waals surface area contributed by atoms with Crippen molar-refractivity contribution in [2.45, 2.75) is 0 Å². The average Bonchev–Trinajstić information content (AvgIpc) is 3.53. The second-order valence-electron chi connectivity index (χ2n) is 9.90. The first kappa shape index (κ1) is 24.0. The van der Waals surface area contributed by atoms with E-state index in [4.69, 9.17) is 0 Å². The molecule has 0 spiro atoms. The molecule has 1 aliphatic rings. The van der Waals surface area contributed by atoms with Crippen LogP contribution in [0.15, 0.2) is 121 Å². The molecule has 0 unspecified atom stereocenters. The standard InChI is InChI=1S/C37H21N4/c38-21-30-19-26(15-16-40-30)24-7-5-9-27(17-24)36-32-11-1-3-13-34(32)37(35-14-4-2-12-33(35)36)28-10-6-8-25(18-28)29-20-31(22-39)41-23-29/h1-20,23H/q+1. The van der Waals surface area contributed by atoms with Crippen molar-refractivity contribution in [1.29, 1.82) is 10.5 Å². The highest BCUT2D eigenvalue weighted by molar-refractivity contribution is 6.27. The fourth-order valence-corrected chi connectivity index (χ4v) is 5.71. The summed E-state index contributed by atoms with van der Waals surface area (Å²) in [5, 5.41) is 23.3. The van der Waals surface area contributed by atoms with Gasteiger partial charge in [-0.15, -0.1) is 0 Å². The monoisotopic (exact) mass is 521 g/mol. The van der Waals surface area contributed by atoms with Crippen LogP contribution in [0.3, 0.4) is 0 Å². The molecule has 4 nitrogen and oxygen atoms in total. The van der Waals surface area contributed by atoms with Gasteiger partial charge in [-0.1, -0.05) is 89.6 Å². The summed E-state index contributed by atoms with van der Waals surface area (Å²) >= 11 is 0. The van der Waals surface area contributed by atoms with Gasteiger partial charge in [-0.3, -0.25) is 0 Å². The molecule has 7 rings (SSSR count). The fraction of sp³-hybridized carbons (Fsp3) is 0. The Morgan fingerprint density at radius 2 is 1.07 bits per heavy atom. The third kappa shape index (κ3) is 4.19. The lowest BCUT2D eigenvalue weighted by atomic mass is 9.85. The summed E-state index contributed by atoms with van der Waals surface area (Å²) in [5.41, 5.74) is 9.33. The summed E-state index contributed by atoms with van der Waals surface area (Å²) in [7, 11) is 0. The summed E-state index contributed by atoms with van der Waals surface area (Å²) < 4.78 is 4.22. The summed E-state index contributed by atoms with van der Waals surface area (Å²) in [6.07, 6.45) is 5.26. The minimum atomic E-state index is 0.400. The van der Waals surface area contributed by atoms with Gasteiger partial charge in [0.2, 0.25) is 0 Å². The van der Waals surface area contributed by atoms with Gasteiger partial charge in [0.1, 0.15) is 11.8 Å². The van der Waals surface area contributed by atoms with Crippen molar-refractivity contribution < 1.29 is 0 Å². The van der Waals surface area contributed by atoms with Crippen LogP contribution in [0.5, 0.6) is 0 Å². The summed E-state index contributed by atoms with van der Waals surface area (Å²) in [6.45, 7) is 0. The van der Waals surface area contributed by atoms with Crippen molar-refractivity contribution in [3.05, 3.63) is 133 Å². The van der Waals surface area contributed by atoms with E-state index in [1.54, 1.807) is 12.4 Å². The zero-order valence-electron chi connectivity index (χ0n) is 21.9. The Balaban J connectivity index is 1.47. The number of pyridine rings is 1. The number of rotatable bonds is 4. The number of benzene rings is 5. The molecule has 0 fully saturated rings. The van der Waals surface area contributed by atoms with E-state index in [0.29, 0.717) is 11.4 Å². The summed E-state index contributed by atoms with van der Waals surface area (Å²) in [6, 6.07) is 42.1. The van der Waals surface area contributed by atoms with Gasteiger partial charge < -0.3 is 0 Å². The van der Waals surface area contributed by atoms with E-state index in [2.05, 4.69) is 119 Å². The molecule has 0 saturated heterocycles. The first-order chi connectivity index (χ1) is 20.2. The van der Waals surface area contributed by atoms with Gasteiger partial charge in [0, 0.05) is 6.20 Å². The molecule has 2 heterocycles. The molecular formula is C37H21N4+. The van der Waals surface area contributed by atoms with Gasteiger partial charge in [-0.25, -0.2) is 4.98 Å². The maximum absolute atomic E-state index is 9.36. The number of allylic oxidation sites excluding steroid dienone is 2. The summed E-state index contributed by atoms with van der Waals surface area (Å²) in [5.74, 6) is 0. The molecule has 5 aromatic carbocycles. The van der Waals surface area contributed by atoms with Gasteiger partial charge in [-0.2, -0.15) is 10.5 Å². The minimum Gasteiger partial charge on any atom is -0.246 e. The van der Waals surface area contributed by atoms with Crippen LogP contribution in [0.2, 0.25) is 0 Å². The van der Waals surface area contributed by atoms with E-state index < -0.39 is 0 Å². The highest BCUT2D eigenvalue weighted by Gasteiger charge is 2.20. The Morgan fingerprint density at radius 3 is 1.63 bits per heavy atom. The molecule has 6 aromatic rings. The zero-order valence-corrected chi connectivity index (χ0v) is 21.9. The molecule has 1 aliphatic heterocycles. The molecule has 0 atom stereocenters. The third-order valence-electron chi connectivity index (χ3n) is 7.52. The average molecular weight is 522 g/mol. The maximum atomic E-state index is 9.36. The van der Waals surface area contributed by atoms with Crippen LogP contribution >= 0.6 is 0 Å². The van der Waals surface area contributed by atoms with Crippen LogP contribution in [0.4, 0.5) is 0 Å². The maximum Gasteiger partial charge on any atom is 0.404 e. The molecule has 0 saturated carbocycles.